The monoisotopic (exact) mass is 377 g/mol. The van der Waals surface area contributed by atoms with Crippen molar-refractivity contribution in [2.24, 2.45) is 0 Å². The summed E-state index contributed by atoms with van der Waals surface area (Å²) >= 11 is 6.08. The average molecular weight is 378 g/mol. The van der Waals surface area contributed by atoms with E-state index in [9.17, 15) is 8.42 Å². The van der Waals surface area contributed by atoms with Gasteiger partial charge in [0.05, 0.1) is 33.8 Å². The Labute approximate surface area is 150 Å². The highest BCUT2D eigenvalue weighted by Crippen LogP contribution is 2.47. The number of hydrogen-bond donors (Lipinski definition) is 0. The van der Waals surface area contributed by atoms with Crippen molar-refractivity contribution in [1.29, 1.82) is 5.26 Å². The Bertz CT molecular complexity index is 991. The number of nitriles is 1. The van der Waals surface area contributed by atoms with Gasteiger partial charge in [0.1, 0.15) is 17.5 Å². The van der Waals surface area contributed by atoms with Gasteiger partial charge in [-0.2, -0.15) is 10.4 Å². The summed E-state index contributed by atoms with van der Waals surface area (Å²) in [6, 6.07) is 6.83. The number of hydrogen-bond acceptors (Lipinski definition) is 5. The van der Waals surface area contributed by atoms with Crippen LogP contribution < -0.4 is 4.74 Å². The van der Waals surface area contributed by atoms with E-state index >= 15 is 0 Å². The largest absolute Gasteiger partial charge is 0.453 e. The van der Waals surface area contributed by atoms with E-state index in [1.165, 1.54) is 0 Å². The first-order valence-corrected chi connectivity index (χ1v) is 10.2. The highest BCUT2D eigenvalue weighted by atomic mass is 35.5. The highest BCUT2D eigenvalue weighted by Gasteiger charge is 2.39. The van der Waals surface area contributed by atoms with Crippen molar-refractivity contribution in [3.05, 3.63) is 40.2 Å². The second-order valence-electron chi connectivity index (χ2n) is 6.60. The third kappa shape index (κ3) is 3.00. The van der Waals surface area contributed by atoms with Crippen molar-refractivity contribution in [3.8, 4) is 17.6 Å². The maximum atomic E-state index is 11.5. The topological polar surface area (TPSA) is 85.0 Å². The molecule has 0 amide bonds. The second-order valence-corrected chi connectivity index (χ2v) is 9.17. The fourth-order valence-electron chi connectivity index (χ4n) is 3.08. The van der Waals surface area contributed by atoms with E-state index < -0.39 is 9.84 Å². The second kappa shape index (κ2) is 5.75. The third-order valence-electron chi connectivity index (χ3n) is 4.60. The lowest BCUT2D eigenvalue weighted by atomic mass is 10.2. The van der Waals surface area contributed by atoms with Crippen molar-refractivity contribution in [2.75, 3.05) is 11.5 Å². The van der Waals surface area contributed by atoms with Gasteiger partial charge in [-0.3, -0.25) is 4.68 Å². The molecular formula is C17H16ClN3O3S. The minimum atomic E-state index is -2.93. The molecule has 2 fully saturated rings. The van der Waals surface area contributed by atoms with Crippen LogP contribution >= 0.6 is 11.6 Å². The Balaban J connectivity index is 1.68. The molecule has 0 bridgehead atoms. The van der Waals surface area contributed by atoms with Crippen LogP contribution in [0.2, 0.25) is 5.02 Å². The Kier molecular flexibility index (Phi) is 3.78. The van der Waals surface area contributed by atoms with E-state index in [4.69, 9.17) is 21.6 Å². The maximum Gasteiger partial charge on any atom is 0.171 e. The van der Waals surface area contributed by atoms with Crippen LogP contribution in [0.15, 0.2) is 18.2 Å². The SMILES string of the molecule is Cc1c(Oc2ccc(C#N)c(Cl)c2)c(C2CC2)nn1C1CS(=O)(=O)C1. The minimum absolute atomic E-state index is 0.121. The molecule has 2 heterocycles. The van der Waals surface area contributed by atoms with E-state index in [2.05, 4.69) is 5.10 Å². The van der Waals surface area contributed by atoms with Crippen molar-refractivity contribution in [2.45, 2.75) is 31.7 Å². The van der Waals surface area contributed by atoms with Crippen LogP contribution in [0.4, 0.5) is 0 Å². The molecule has 1 aromatic carbocycles. The van der Waals surface area contributed by atoms with Gasteiger partial charge in [0, 0.05) is 12.0 Å². The fraction of sp³-hybridized carbons (Fsp3) is 0.412. The molecule has 6 nitrogen and oxygen atoms in total. The Morgan fingerprint density at radius 1 is 1.36 bits per heavy atom. The number of benzene rings is 1. The summed E-state index contributed by atoms with van der Waals surface area (Å²) in [5.74, 6) is 1.83. The van der Waals surface area contributed by atoms with Gasteiger partial charge in [0.25, 0.3) is 0 Å². The standard InChI is InChI=1S/C17H16ClN3O3S/c1-10-17(24-14-5-4-12(7-19)15(18)6-14)16(11-2-3-11)20-21(10)13-8-25(22,23)9-13/h4-6,11,13H,2-3,8-9H2,1H3. The summed E-state index contributed by atoms with van der Waals surface area (Å²) in [5, 5.41) is 14.0. The molecule has 0 atom stereocenters. The summed E-state index contributed by atoms with van der Waals surface area (Å²) < 4.78 is 30.8. The zero-order valence-electron chi connectivity index (χ0n) is 13.6. The number of aromatic nitrogens is 2. The molecule has 0 unspecified atom stereocenters. The average Bonchev–Trinajstić information content (AvgIpc) is 3.32. The molecular weight excluding hydrogens is 362 g/mol. The van der Waals surface area contributed by atoms with Gasteiger partial charge in [0.2, 0.25) is 0 Å². The zero-order chi connectivity index (χ0) is 17.8. The quantitative estimate of drug-likeness (QED) is 0.815. The smallest absolute Gasteiger partial charge is 0.171 e. The van der Waals surface area contributed by atoms with E-state index in [1.807, 2.05) is 13.0 Å². The molecule has 0 radical (unpaired) electrons. The highest BCUT2D eigenvalue weighted by molar-refractivity contribution is 7.92. The normalized spacial score (nSPS) is 19.2. The van der Waals surface area contributed by atoms with Crippen LogP contribution in [0, 0.1) is 18.3 Å². The first-order chi connectivity index (χ1) is 11.9. The molecule has 25 heavy (non-hydrogen) atoms. The van der Waals surface area contributed by atoms with Crippen molar-refractivity contribution in [1.82, 2.24) is 9.78 Å². The maximum absolute atomic E-state index is 11.5. The van der Waals surface area contributed by atoms with E-state index in [-0.39, 0.29) is 17.5 Å². The molecule has 2 aliphatic rings. The molecule has 1 saturated carbocycles. The van der Waals surface area contributed by atoms with Crippen molar-refractivity contribution >= 4 is 21.4 Å². The van der Waals surface area contributed by atoms with Crippen LogP contribution in [0.25, 0.3) is 0 Å². The molecule has 1 saturated heterocycles. The van der Waals surface area contributed by atoms with Gasteiger partial charge in [-0.1, -0.05) is 11.6 Å². The Hall–Kier alpha value is -2.04. The molecule has 8 heteroatoms. The van der Waals surface area contributed by atoms with Gasteiger partial charge in [-0.15, -0.1) is 0 Å². The minimum Gasteiger partial charge on any atom is -0.453 e. The summed E-state index contributed by atoms with van der Waals surface area (Å²) in [4.78, 5) is 0. The van der Waals surface area contributed by atoms with Gasteiger partial charge in [-0.25, -0.2) is 8.42 Å². The van der Waals surface area contributed by atoms with Crippen molar-refractivity contribution in [3.63, 3.8) is 0 Å². The van der Waals surface area contributed by atoms with Crippen LogP contribution in [0.3, 0.4) is 0 Å². The summed E-state index contributed by atoms with van der Waals surface area (Å²) in [6.45, 7) is 1.89. The van der Waals surface area contributed by atoms with Crippen LogP contribution in [0.1, 0.15) is 41.8 Å². The predicted molar refractivity (Wildman–Crippen MR) is 92.9 cm³/mol. The molecule has 1 aromatic heterocycles. The zero-order valence-corrected chi connectivity index (χ0v) is 15.1. The summed E-state index contributed by atoms with van der Waals surface area (Å²) in [7, 11) is -2.93. The Morgan fingerprint density at radius 2 is 2.08 bits per heavy atom. The van der Waals surface area contributed by atoms with E-state index in [0.717, 1.165) is 24.2 Å². The Morgan fingerprint density at radius 3 is 2.64 bits per heavy atom. The number of sulfone groups is 1. The number of halogens is 1. The summed E-state index contributed by atoms with van der Waals surface area (Å²) in [6.07, 6.45) is 2.12. The van der Waals surface area contributed by atoms with Crippen LogP contribution in [0.5, 0.6) is 11.5 Å². The van der Waals surface area contributed by atoms with E-state index in [1.54, 1.807) is 22.9 Å². The lowest BCUT2D eigenvalue weighted by Crippen LogP contribution is -2.39. The van der Waals surface area contributed by atoms with Gasteiger partial charge >= 0.3 is 0 Å². The van der Waals surface area contributed by atoms with Crippen molar-refractivity contribution < 1.29 is 13.2 Å². The third-order valence-corrected chi connectivity index (χ3v) is 6.70. The predicted octanol–water partition coefficient (Wildman–Crippen LogP) is 3.36. The van der Waals surface area contributed by atoms with Gasteiger partial charge in [0.15, 0.2) is 15.6 Å². The molecule has 4 rings (SSSR count). The first kappa shape index (κ1) is 16.4. The first-order valence-electron chi connectivity index (χ1n) is 8.05. The van der Waals surface area contributed by atoms with E-state index in [0.29, 0.717) is 28.0 Å². The molecule has 0 spiro atoms. The van der Waals surface area contributed by atoms with Crippen LogP contribution in [-0.2, 0) is 9.84 Å². The lowest BCUT2D eigenvalue weighted by Gasteiger charge is -2.27. The molecule has 130 valence electrons. The lowest BCUT2D eigenvalue weighted by molar-refractivity contribution is 0.451. The molecule has 2 aromatic rings. The van der Waals surface area contributed by atoms with Gasteiger partial charge in [-0.05, 0) is 31.9 Å². The number of ether oxygens (including phenoxy) is 1. The number of nitrogens with zero attached hydrogens (tertiary/aromatic N) is 3. The molecule has 0 N–H and O–H groups in total. The fourth-order valence-corrected chi connectivity index (χ4v) is 4.65. The van der Waals surface area contributed by atoms with Crippen LogP contribution in [-0.4, -0.2) is 29.7 Å². The molecule has 1 aliphatic heterocycles. The molecule has 1 aliphatic carbocycles. The number of rotatable bonds is 4. The van der Waals surface area contributed by atoms with Gasteiger partial charge < -0.3 is 4.74 Å². The summed E-state index contributed by atoms with van der Waals surface area (Å²) in [5.41, 5.74) is 2.09.